The maximum Gasteiger partial charge on any atom is 0.278 e. The summed E-state index contributed by atoms with van der Waals surface area (Å²) < 4.78 is 19.7. The first-order chi connectivity index (χ1) is 8.91. The Morgan fingerprint density at radius 1 is 0.714 bits per heavy atom. The lowest BCUT2D eigenvalue weighted by atomic mass is 11.2. The molecule has 0 spiro atoms. The summed E-state index contributed by atoms with van der Waals surface area (Å²) in [7, 11) is -6.80. The molecular formula is C13H36N2O2Si4. The van der Waals surface area contributed by atoms with Crippen LogP contribution in [0.15, 0.2) is 4.66 Å². The SMILES string of the molecule is C[Si](C)(C)/N=C(/O[Si](C)(C)C)N(O[Si](C)(C)C)[Si](C)(C)C. The van der Waals surface area contributed by atoms with Crippen LogP contribution in [-0.2, 0) is 8.95 Å². The molecule has 0 aliphatic rings. The predicted molar refractivity (Wildman–Crippen MR) is 105 cm³/mol. The van der Waals surface area contributed by atoms with E-state index < -0.39 is 33.1 Å². The minimum absolute atomic E-state index is 0.745. The Bertz CT molecular complexity index is 374. The first-order valence-electron chi connectivity index (χ1n) is 7.69. The molecule has 0 aliphatic carbocycles. The Hall–Kier alpha value is 0.0975. The van der Waals surface area contributed by atoms with Crippen molar-refractivity contribution in [2.24, 2.45) is 4.66 Å². The van der Waals surface area contributed by atoms with Gasteiger partial charge in [-0.1, -0.05) is 0 Å². The summed E-state index contributed by atoms with van der Waals surface area (Å²) in [6.07, 6.45) is 0. The zero-order valence-corrected chi connectivity index (χ0v) is 20.2. The van der Waals surface area contributed by atoms with Crippen LogP contribution in [0, 0.1) is 0 Å². The molecule has 0 aromatic rings. The second-order valence-corrected chi connectivity index (χ2v) is 27.6. The highest BCUT2D eigenvalue weighted by Crippen LogP contribution is 2.21. The fourth-order valence-electron chi connectivity index (χ4n) is 1.41. The largest absolute Gasteiger partial charge is 0.519 e. The summed E-state index contributed by atoms with van der Waals surface area (Å²) in [5.41, 5.74) is 0. The van der Waals surface area contributed by atoms with Gasteiger partial charge in [-0.25, -0.2) is 0 Å². The van der Waals surface area contributed by atoms with E-state index in [1.807, 2.05) is 0 Å². The average Bonchev–Trinajstić information content (AvgIpc) is 2.04. The van der Waals surface area contributed by atoms with Crippen molar-refractivity contribution in [3.63, 3.8) is 0 Å². The topological polar surface area (TPSA) is 34.1 Å². The molecule has 0 bridgehead atoms. The predicted octanol–water partition coefficient (Wildman–Crippen LogP) is 4.93. The Morgan fingerprint density at radius 2 is 1.14 bits per heavy atom. The Morgan fingerprint density at radius 3 is 1.38 bits per heavy atom. The number of amidine groups is 1. The van der Waals surface area contributed by atoms with Crippen LogP contribution in [0.2, 0.25) is 78.6 Å². The van der Waals surface area contributed by atoms with E-state index in [-0.39, 0.29) is 0 Å². The highest BCUT2D eigenvalue weighted by atomic mass is 28.4. The number of rotatable bonds is 5. The number of hydrogen-bond acceptors (Lipinski definition) is 3. The Kier molecular flexibility index (Phi) is 6.72. The van der Waals surface area contributed by atoms with E-state index in [2.05, 4.69) is 83.3 Å². The van der Waals surface area contributed by atoms with Crippen LogP contribution in [-0.4, -0.2) is 43.9 Å². The summed E-state index contributed by atoms with van der Waals surface area (Å²) in [5.74, 6) is 0. The molecule has 0 aromatic carbocycles. The van der Waals surface area contributed by atoms with Gasteiger partial charge in [0.15, 0.2) is 16.5 Å². The third-order valence-electron chi connectivity index (χ3n) is 1.98. The van der Waals surface area contributed by atoms with E-state index in [0.29, 0.717) is 0 Å². The standard InChI is InChI=1S/C13H36N2O2Si4/c1-18(2,3)14-13(16-20(7,8)9)15(19(4,5)6)17-21(10,11)12/h1-12H3/b14-13+. The second kappa shape index (κ2) is 6.69. The van der Waals surface area contributed by atoms with Crippen molar-refractivity contribution in [3.8, 4) is 0 Å². The first kappa shape index (κ1) is 21.1. The summed E-state index contributed by atoms with van der Waals surface area (Å²) in [5, 5.41) is 0. The summed E-state index contributed by atoms with van der Waals surface area (Å²) in [4.78, 5) is 0. The quantitative estimate of drug-likeness (QED) is 0.300. The van der Waals surface area contributed by atoms with Crippen LogP contribution in [0.1, 0.15) is 0 Å². The van der Waals surface area contributed by atoms with Gasteiger partial charge >= 0.3 is 0 Å². The van der Waals surface area contributed by atoms with E-state index in [4.69, 9.17) is 13.6 Å². The zero-order valence-electron chi connectivity index (χ0n) is 16.2. The molecule has 4 nitrogen and oxygen atoms in total. The molecule has 0 radical (unpaired) electrons. The van der Waals surface area contributed by atoms with Crippen molar-refractivity contribution in [2.75, 3.05) is 0 Å². The Balaban J connectivity index is 5.75. The molecule has 0 aliphatic heterocycles. The van der Waals surface area contributed by atoms with Gasteiger partial charge in [-0.2, -0.15) is 0 Å². The minimum Gasteiger partial charge on any atom is -0.519 e. The molecule has 0 atom stereocenters. The van der Waals surface area contributed by atoms with Crippen molar-refractivity contribution >= 4 is 39.1 Å². The molecule has 0 unspecified atom stereocenters. The average molecular weight is 365 g/mol. The number of hydrogen-bond donors (Lipinski definition) is 0. The molecule has 0 saturated heterocycles. The molecule has 0 saturated carbocycles. The van der Waals surface area contributed by atoms with Crippen molar-refractivity contribution in [1.29, 1.82) is 0 Å². The smallest absolute Gasteiger partial charge is 0.278 e. The highest BCUT2D eigenvalue weighted by molar-refractivity contribution is 6.80. The lowest BCUT2D eigenvalue weighted by Crippen LogP contribution is -2.57. The lowest BCUT2D eigenvalue weighted by molar-refractivity contribution is 0.0707. The second-order valence-electron chi connectivity index (χ2n) is 9.45. The summed E-state index contributed by atoms with van der Waals surface area (Å²) in [6, 6.07) is 0.745. The zero-order chi connectivity index (χ0) is 17.3. The van der Waals surface area contributed by atoms with Gasteiger partial charge in [-0.05, 0) is 78.6 Å². The molecule has 0 fully saturated rings. The van der Waals surface area contributed by atoms with Crippen LogP contribution in [0.4, 0.5) is 0 Å². The Labute approximate surface area is 136 Å². The number of nitrogens with zero attached hydrogens (tertiary/aromatic N) is 2. The molecular weight excluding hydrogens is 328 g/mol. The van der Waals surface area contributed by atoms with Crippen LogP contribution in [0.25, 0.3) is 0 Å². The van der Waals surface area contributed by atoms with Gasteiger partial charge < -0.3 is 8.95 Å². The van der Waals surface area contributed by atoms with Gasteiger partial charge in [0.05, 0.1) is 0 Å². The van der Waals surface area contributed by atoms with Gasteiger partial charge in [0.25, 0.3) is 6.02 Å². The van der Waals surface area contributed by atoms with Crippen molar-refractivity contribution in [2.45, 2.75) is 78.6 Å². The van der Waals surface area contributed by atoms with E-state index in [9.17, 15) is 0 Å². The van der Waals surface area contributed by atoms with Gasteiger partial charge in [0.1, 0.15) is 0 Å². The molecule has 0 aromatic heterocycles. The van der Waals surface area contributed by atoms with E-state index in [1.165, 1.54) is 0 Å². The van der Waals surface area contributed by atoms with Gasteiger partial charge in [0, 0.05) is 0 Å². The van der Waals surface area contributed by atoms with Crippen LogP contribution >= 0.6 is 0 Å². The summed E-state index contributed by atoms with van der Waals surface area (Å²) >= 11 is 0. The van der Waals surface area contributed by atoms with E-state index in [0.717, 1.165) is 6.02 Å². The molecule has 0 amide bonds. The van der Waals surface area contributed by atoms with E-state index >= 15 is 0 Å². The first-order valence-corrected chi connectivity index (χ1v) is 21.4. The third-order valence-corrected chi connectivity index (χ3v) is 6.05. The molecule has 8 heteroatoms. The lowest BCUT2D eigenvalue weighted by Gasteiger charge is -2.41. The third kappa shape index (κ3) is 10.5. The monoisotopic (exact) mass is 364 g/mol. The van der Waals surface area contributed by atoms with Crippen LogP contribution in [0.5, 0.6) is 0 Å². The molecule has 0 heterocycles. The maximum absolute atomic E-state index is 6.38. The van der Waals surface area contributed by atoms with Gasteiger partial charge in [0.2, 0.25) is 16.6 Å². The molecule has 0 rings (SSSR count). The highest BCUT2D eigenvalue weighted by Gasteiger charge is 2.36. The molecule has 126 valence electrons. The fourth-order valence-corrected chi connectivity index (χ4v) is 6.29. The van der Waals surface area contributed by atoms with Gasteiger partial charge in [-0.15, -0.1) is 0 Å². The van der Waals surface area contributed by atoms with Crippen LogP contribution < -0.4 is 0 Å². The fraction of sp³-hybridized carbons (Fsp3) is 0.923. The van der Waals surface area contributed by atoms with Crippen molar-refractivity contribution in [1.82, 2.24) is 4.73 Å². The van der Waals surface area contributed by atoms with E-state index in [1.54, 1.807) is 0 Å². The molecule has 21 heavy (non-hydrogen) atoms. The normalized spacial score (nSPS) is 15.1. The maximum atomic E-state index is 6.38. The number of hydroxylamine groups is 1. The molecule has 0 N–H and O–H groups in total. The minimum atomic E-state index is -1.73. The van der Waals surface area contributed by atoms with Crippen molar-refractivity contribution in [3.05, 3.63) is 0 Å². The van der Waals surface area contributed by atoms with Gasteiger partial charge in [-0.3, -0.25) is 9.39 Å². The van der Waals surface area contributed by atoms with Crippen LogP contribution in [0.3, 0.4) is 0 Å². The summed E-state index contributed by atoms with van der Waals surface area (Å²) in [6.45, 7) is 26.8. The van der Waals surface area contributed by atoms with Crippen molar-refractivity contribution < 1.29 is 8.95 Å².